The summed E-state index contributed by atoms with van der Waals surface area (Å²) in [6, 6.07) is 0. The fourth-order valence-electron chi connectivity index (χ4n) is 3.71. The van der Waals surface area contributed by atoms with Crippen molar-refractivity contribution in [2.75, 3.05) is 40.3 Å². The maximum absolute atomic E-state index is 12.2. The summed E-state index contributed by atoms with van der Waals surface area (Å²) in [4.78, 5) is 14.3. The Bertz CT molecular complexity index is 337. The maximum atomic E-state index is 12.2. The Kier molecular flexibility index (Phi) is 16.2. The van der Waals surface area contributed by atoms with Gasteiger partial charge in [-0.1, -0.05) is 84.0 Å². The summed E-state index contributed by atoms with van der Waals surface area (Å²) < 4.78 is 1.06. The summed E-state index contributed by atoms with van der Waals surface area (Å²) in [5.41, 5.74) is 0. The van der Waals surface area contributed by atoms with Crippen molar-refractivity contribution in [3.8, 4) is 0 Å². The van der Waals surface area contributed by atoms with E-state index in [1.165, 1.54) is 77.0 Å². The first kappa shape index (κ1) is 26.2. The third kappa shape index (κ3) is 13.3. The minimum atomic E-state index is 0. The minimum absolute atomic E-state index is 0. The van der Waals surface area contributed by atoms with Crippen LogP contribution in [0, 0.1) is 0 Å². The van der Waals surface area contributed by atoms with Crippen LogP contribution < -0.4 is 24.0 Å². The lowest BCUT2D eigenvalue weighted by atomic mass is 10.0. The van der Waals surface area contributed by atoms with Crippen molar-refractivity contribution in [3.05, 3.63) is 0 Å². The third-order valence-corrected chi connectivity index (χ3v) is 5.80. The lowest BCUT2D eigenvalue weighted by molar-refractivity contribution is -0.894. The number of unbranched alkanes of at least 4 members (excludes halogenated alkanes) is 12. The molecule has 0 radical (unpaired) electrons. The van der Waals surface area contributed by atoms with Crippen LogP contribution in [0.2, 0.25) is 0 Å². The third-order valence-electron chi connectivity index (χ3n) is 5.80. The van der Waals surface area contributed by atoms with Crippen LogP contribution >= 0.6 is 0 Å². The van der Waals surface area contributed by atoms with Crippen LogP contribution in [0.1, 0.15) is 96.8 Å². The molecule has 0 aromatic rings. The van der Waals surface area contributed by atoms with E-state index < -0.39 is 0 Å². The molecule has 1 fully saturated rings. The zero-order valence-electron chi connectivity index (χ0n) is 17.9. The van der Waals surface area contributed by atoms with Gasteiger partial charge in [-0.25, -0.2) is 0 Å². The van der Waals surface area contributed by atoms with E-state index in [-0.39, 0.29) is 24.0 Å². The van der Waals surface area contributed by atoms with Gasteiger partial charge in [0, 0.05) is 6.42 Å². The van der Waals surface area contributed by atoms with Crippen LogP contribution in [-0.2, 0) is 4.79 Å². The molecule has 0 bridgehead atoms. The Hall–Kier alpha value is 0.160. The number of hydrogen-bond acceptors (Lipinski definition) is 1. The van der Waals surface area contributed by atoms with Crippen LogP contribution in [0.15, 0.2) is 0 Å². The first-order chi connectivity index (χ1) is 12.0. The number of likely N-dealkylation sites (N-methyl/N-ethyl adjacent to an activating group) is 1. The molecule has 1 rings (SSSR count). The zero-order valence-corrected chi connectivity index (χ0v) is 20.1. The SMILES string of the molecule is CCCCCCCCCCCCCCCC(=O)N1CC[N+](C)(C)CC1.[I-]. The van der Waals surface area contributed by atoms with Gasteiger partial charge >= 0.3 is 0 Å². The highest BCUT2D eigenvalue weighted by Crippen LogP contribution is 2.14. The number of rotatable bonds is 14. The molecule has 0 atom stereocenters. The van der Waals surface area contributed by atoms with E-state index in [4.69, 9.17) is 0 Å². The summed E-state index contributed by atoms with van der Waals surface area (Å²) in [6.45, 7) is 6.38. The fourth-order valence-corrected chi connectivity index (χ4v) is 3.71. The Morgan fingerprint density at radius 1 is 0.731 bits per heavy atom. The van der Waals surface area contributed by atoms with Crippen molar-refractivity contribution < 1.29 is 33.3 Å². The lowest BCUT2D eigenvalue weighted by Gasteiger charge is -2.39. The molecule has 0 aliphatic carbocycles. The molecule has 1 heterocycles. The van der Waals surface area contributed by atoms with Crippen LogP contribution in [-0.4, -0.2) is 55.6 Å². The van der Waals surface area contributed by atoms with Crippen molar-refractivity contribution in [2.45, 2.75) is 96.8 Å². The van der Waals surface area contributed by atoms with Crippen LogP contribution in [0.4, 0.5) is 0 Å². The molecule has 0 unspecified atom stereocenters. The average molecular weight is 481 g/mol. The van der Waals surface area contributed by atoms with Crippen molar-refractivity contribution in [1.29, 1.82) is 0 Å². The van der Waals surface area contributed by atoms with E-state index in [9.17, 15) is 4.79 Å². The Morgan fingerprint density at radius 3 is 1.54 bits per heavy atom. The monoisotopic (exact) mass is 480 g/mol. The number of nitrogens with zero attached hydrogens (tertiary/aromatic N) is 2. The van der Waals surface area contributed by atoms with Gasteiger partial charge in [0.25, 0.3) is 0 Å². The topological polar surface area (TPSA) is 20.3 Å². The van der Waals surface area contributed by atoms with Crippen LogP contribution in [0.3, 0.4) is 0 Å². The zero-order chi connectivity index (χ0) is 18.4. The molecule has 0 N–H and O–H groups in total. The molecule has 156 valence electrons. The van der Waals surface area contributed by atoms with E-state index in [1.54, 1.807) is 0 Å². The van der Waals surface area contributed by atoms with E-state index in [2.05, 4.69) is 25.9 Å². The number of piperazine rings is 1. The first-order valence-corrected chi connectivity index (χ1v) is 11.1. The molecule has 26 heavy (non-hydrogen) atoms. The van der Waals surface area contributed by atoms with Crippen LogP contribution in [0.25, 0.3) is 0 Å². The Morgan fingerprint density at radius 2 is 1.12 bits per heavy atom. The summed E-state index contributed by atoms with van der Waals surface area (Å²) >= 11 is 0. The van der Waals surface area contributed by atoms with E-state index in [1.807, 2.05) is 0 Å². The number of carbonyl (C=O) groups excluding carboxylic acids is 1. The van der Waals surface area contributed by atoms with Gasteiger partial charge in [-0.15, -0.1) is 0 Å². The van der Waals surface area contributed by atoms with Gasteiger partial charge < -0.3 is 33.4 Å². The second-order valence-electron chi connectivity index (χ2n) is 8.76. The molecule has 1 aliphatic rings. The molecule has 0 spiro atoms. The Labute approximate surface area is 180 Å². The molecule has 1 saturated heterocycles. The van der Waals surface area contributed by atoms with E-state index >= 15 is 0 Å². The fraction of sp³-hybridized carbons (Fsp3) is 0.955. The summed E-state index contributed by atoms with van der Waals surface area (Å²) in [5, 5.41) is 0. The second-order valence-corrected chi connectivity index (χ2v) is 8.76. The normalized spacial score (nSPS) is 16.3. The van der Waals surface area contributed by atoms with Gasteiger partial charge in [0.05, 0.1) is 40.3 Å². The summed E-state index contributed by atoms with van der Waals surface area (Å²) in [5.74, 6) is 0.391. The molecule has 4 heteroatoms. The van der Waals surface area contributed by atoms with Crippen molar-refractivity contribution in [1.82, 2.24) is 4.90 Å². The molecule has 0 aromatic heterocycles. The predicted octanol–water partition coefficient (Wildman–Crippen LogP) is 2.39. The molecule has 1 amide bonds. The predicted molar refractivity (Wildman–Crippen MR) is 109 cm³/mol. The van der Waals surface area contributed by atoms with E-state index in [0.29, 0.717) is 5.91 Å². The van der Waals surface area contributed by atoms with Gasteiger partial charge in [0.2, 0.25) is 5.91 Å². The number of halogens is 1. The highest BCUT2D eigenvalue weighted by molar-refractivity contribution is 5.76. The molecule has 0 aromatic carbocycles. The molecule has 0 saturated carbocycles. The summed E-state index contributed by atoms with van der Waals surface area (Å²) in [7, 11) is 4.52. The second kappa shape index (κ2) is 16.1. The number of carbonyl (C=O) groups is 1. The van der Waals surface area contributed by atoms with Gasteiger partial charge in [-0.2, -0.15) is 0 Å². The van der Waals surface area contributed by atoms with Gasteiger partial charge in [0.15, 0.2) is 0 Å². The standard InChI is InChI=1S/C22H45N2O.HI/c1-4-5-6-7-8-9-10-11-12-13-14-15-16-17-22(25)23-18-20-24(2,3)21-19-23;/h4-21H2,1-3H3;1H/q+1;/p-1. The smallest absolute Gasteiger partial charge is 0.222 e. The minimum Gasteiger partial charge on any atom is -1.00 e. The van der Waals surface area contributed by atoms with Gasteiger partial charge in [0.1, 0.15) is 0 Å². The van der Waals surface area contributed by atoms with Crippen molar-refractivity contribution in [2.24, 2.45) is 0 Å². The Balaban J connectivity index is 0.00000625. The van der Waals surface area contributed by atoms with Crippen molar-refractivity contribution in [3.63, 3.8) is 0 Å². The number of amides is 1. The quantitative estimate of drug-likeness (QED) is 0.213. The van der Waals surface area contributed by atoms with Crippen LogP contribution in [0.5, 0.6) is 0 Å². The highest BCUT2D eigenvalue weighted by atomic mass is 127. The van der Waals surface area contributed by atoms with Crippen molar-refractivity contribution >= 4 is 5.91 Å². The number of hydrogen-bond donors (Lipinski definition) is 0. The van der Waals surface area contributed by atoms with Gasteiger partial charge in [-0.05, 0) is 6.42 Å². The number of quaternary nitrogens is 1. The molecule has 3 nitrogen and oxygen atoms in total. The van der Waals surface area contributed by atoms with Gasteiger partial charge in [-0.3, -0.25) is 4.79 Å². The molecule has 1 aliphatic heterocycles. The lowest BCUT2D eigenvalue weighted by Crippen LogP contribution is -3.00. The summed E-state index contributed by atoms with van der Waals surface area (Å²) in [6.07, 6.45) is 18.5. The molecular formula is C22H45IN2O. The first-order valence-electron chi connectivity index (χ1n) is 11.1. The van der Waals surface area contributed by atoms with E-state index in [0.717, 1.165) is 43.5 Å². The largest absolute Gasteiger partial charge is 1.00 e. The highest BCUT2D eigenvalue weighted by Gasteiger charge is 2.26. The average Bonchev–Trinajstić information content (AvgIpc) is 2.58. The molecular weight excluding hydrogens is 435 g/mol. The maximum Gasteiger partial charge on any atom is 0.222 e.